The smallest absolute Gasteiger partial charge is 0.368 e. The predicted molar refractivity (Wildman–Crippen MR) is 125 cm³/mol. The van der Waals surface area contributed by atoms with Crippen LogP contribution < -0.4 is 18.6 Å². The van der Waals surface area contributed by atoms with Crippen LogP contribution in [0.4, 0.5) is 0 Å². The molecule has 2 aromatic carbocycles. The second-order valence-corrected chi connectivity index (χ2v) is 7.71. The van der Waals surface area contributed by atoms with Crippen LogP contribution in [0, 0.1) is 0 Å². The topological polar surface area (TPSA) is 26.2 Å². The second kappa shape index (κ2) is 11.7. The number of hydrogen-bond acceptors (Lipinski definition) is 2. The first kappa shape index (κ1) is 21.6. The van der Waals surface area contributed by atoms with E-state index < -0.39 is 0 Å². The lowest BCUT2D eigenvalue weighted by molar-refractivity contribution is -0.694. The summed E-state index contributed by atoms with van der Waals surface area (Å²) in [4.78, 5) is 0. The molecular formula is C28H30N2O2+2. The van der Waals surface area contributed by atoms with Crippen molar-refractivity contribution >= 4 is 0 Å². The molecule has 0 unspecified atom stereocenters. The SMILES string of the molecule is c1ccc(C[n+]2ccccc2OCCCCOc2cccc[n+]2Cc2ccccc2)cc1. The molecule has 0 spiro atoms. The summed E-state index contributed by atoms with van der Waals surface area (Å²) >= 11 is 0. The van der Waals surface area contributed by atoms with Crippen LogP contribution in [0.5, 0.6) is 11.8 Å². The van der Waals surface area contributed by atoms with Crippen LogP contribution in [-0.2, 0) is 13.1 Å². The molecule has 0 aliphatic rings. The quantitative estimate of drug-likeness (QED) is 0.259. The fourth-order valence-corrected chi connectivity index (χ4v) is 3.56. The van der Waals surface area contributed by atoms with Gasteiger partial charge in [-0.05, 0) is 25.0 Å². The molecule has 0 saturated heterocycles. The highest BCUT2D eigenvalue weighted by Gasteiger charge is 2.13. The Morgan fingerprint density at radius 3 is 1.31 bits per heavy atom. The van der Waals surface area contributed by atoms with Crippen LogP contribution in [0.15, 0.2) is 109 Å². The van der Waals surface area contributed by atoms with Crippen LogP contribution in [0.2, 0.25) is 0 Å². The van der Waals surface area contributed by atoms with Crippen LogP contribution in [0.3, 0.4) is 0 Å². The van der Waals surface area contributed by atoms with Gasteiger partial charge in [-0.2, -0.15) is 9.13 Å². The Morgan fingerprint density at radius 2 is 0.875 bits per heavy atom. The highest BCUT2D eigenvalue weighted by atomic mass is 16.5. The second-order valence-electron chi connectivity index (χ2n) is 7.71. The number of pyridine rings is 2. The third-order valence-corrected chi connectivity index (χ3v) is 5.23. The molecule has 32 heavy (non-hydrogen) atoms. The van der Waals surface area contributed by atoms with Crippen molar-refractivity contribution in [2.45, 2.75) is 25.9 Å². The monoisotopic (exact) mass is 426 g/mol. The van der Waals surface area contributed by atoms with E-state index in [9.17, 15) is 0 Å². The molecule has 2 aromatic heterocycles. The summed E-state index contributed by atoms with van der Waals surface area (Å²) in [6.45, 7) is 2.94. The molecule has 4 rings (SSSR count). The van der Waals surface area contributed by atoms with Crippen molar-refractivity contribution in [1.82, 2.24) is 0 Å². The molecule has 0 bridgehead atoms. The maximum Gasteiger partial charge on any atom is 0.368 e. The van der Waals surface area contributed by atoms with Gasteiger partial charge in [-0.3, -0.25) is 0 Å². The molecule has 0 aliphatic heterocycles. The van der Waals surface area contributed by atoms with Gasteiger partial charge in [-0.1, -0.05) is 60.7 Å². The van der Waals surface area contributed by atoms with Gasteiger partial charge in [0.2, 0.25) is 0 Å². The molecule has 4 nitrogen and oxygen atoms in total. The molecule has 2 heterocycles. The Hall–Kier alpha value is -3.66. The summed E-state index contributed by atoms with van der Waals surface area (Å²) in [7, 11) is 0. The molecule has 0 saturated carbocycles. The van der Waals surface area contributed by atoms with Crippen molar-refractivity contribution in [3.63, 3.8) is 0 Å². The van der Waals surface area contributed by atoms with Crippen molar-refractivity contribution in [1.29, 1.82) is 0 Å². The van der Waals surface area contributed by atoms with Gasteiger partial charge in [0, 0.05) is 23.3 Å². The van der Waals surface area contributed by atoms with E-state index in [4.69, 9.17) is 9.47 Å². The summed E-state index contributed by atoms with van der Waals surface area (Å²) in [5, 5.41) is 0. The van der Waals surface area contributed by atoms with E-state index in [1.165, 1.54) is 11.1 Å². The number of hydrogen-bond donors (Lipinski definition) is 0. The number of unbranched alkanes of at least 4 members (excludes halogenated alkanes) is 1. The number of aromatic nitrogens is 2. The van der Waals surface area contributed by atoms with E-state index in [-0.39, 0.29) is 0 Å². The highest BCUT2D eigenvalue weighted by molar-refractivity contribution is 5.15. The molecular weight excluding hydrogens is 396 g/mol. The number of nitrogens with zero attached hydrogens (tertiary/aromatic N) is 2. The average Bonchev–Trinajstić information content (AvgIpc) is 2.84. The predicted octanol–water partition coefficient (Wildman–Crippen LogP) is 4.60. The van der Waals surface area contributed by atoms with Crippen LogP contribution in [0.1, 0.15) is 24.0 Å². The van der Waals surface area contributed by atoms with Crippen molar-refractivity contribution < 1.29 is 18.6 Å². The van der Waals surface area contributed by atoms with Gasteiger partial charge in [-0.15, -0.1) is 0 Å². The molecule has 0 fully saturated rings. The maximum absolute atomic E-state index is 6.07. The third-order valence-electron chi connectivity index (χ3n) is 5.23. The standard InChI is InChI=1S/C28H30N2O2/c1-3-13-25(14-4-1)23-29-19-9-7-17-27(29)31-21-11-12-22-32-28-18-8-10-20-30(28)24-26-15-5-2-6-16-26/h1-10,13-20H,11-12,21-24H2/q+2. The first-order chi connectivity index (χ1) is 15.9. The van der Waals surface area contributed by atoms with Crippen molar-refractivity contribution in [2.75, 3.05) is 13.2 Å². The Balaban J connectivity index is 1.23. The zero-order chi connectivity index (χ0) is 21.8. The molecule has 162 valence electrons. The first-order valence-corrected chi connectivity index (χ1v) is 11.2. The fourth-order valence-electron chi connectivity index (χ4n) is 3.56. The lowest BCUT2D eigenvalue weighted by Crippen LogP contribution is -2.36. The summed E-state index contributed by atoms with van der Waals surface area (Å²) in [6.07, 6.45) is 6.00. The zero-order valence-corrected chi connectivity index (χ0v) is 18.3. The lowest BCUT2D eigenvalue weighted by Gasteiger charge is -2.08. The zero-order valence-electron chi connectivity index (χ0n) is 18.3. The Morgan fingerprint density at radius 1 is 0.469 bits per heavy atom. The van der Waals surface area contributed by atoms with E-state index in [1.54, 1.807) is 0 Å². The van der Waals surface area contributed by atoms with Gasteiger partial charge in [0.05, 0.1) is 25.3 Å². The normalized spacial score (nSPS) is 10.6. The largest absolute Gasteiger partial charge is 0.444 e. The number of ether oxygens (including phenoxy) is 2. The minimum Gasteiger partial charge on any atom is -0.444 e. The summed E-state index contributed by atoms with van der Waals surface area (Å²) in [5.74, 6) is 1.78. The van der Waals surface area contributed by atoms with E-state index in [1.807, 2.05) is 48.5 Å². The molecule has 0 aliphatic carbocycles. The van der Waals surface area contributed by atoms with Gasteiger partial charge < -0.3 is 9.47 Å². The molecule has 0 radical (unpaired) electrons. The van der Waals surface area contributed by atoms with E-state index >= 15 is 0 Å². The van der Waals surface area contributed by atoms with Gasteiger partial charge in [0.15, 0.2) is 25.5 Å². The van der Waals surface area contributed by atoms with Gasteiger partial charge >= 0.3 is 11.8 Å². The van der Waals surface area contributed by atoms with E-state index in [2.05, 4.69) is 70.1 Å². The van der Waals surface area contributed by atoms with Gasteiger partial charge in [-0.25, -0.2) is 0 Å². The molecule has 4 aromatic rings. The van der Waals surface area contributed by atoms with Crippen LogP contribution in [-0.4, -0.2) is 13.2 Å². The Kier molecular flexibility index (Phi) is 7.86. The minimum absolute atomic E-state index is 0.668. The highest BCUT2D eigenvalue weighted by Crippen LogP contribution is 2.08. The van der Waals surface area contributed by atoms with E-state index in [0.29, 0.717) is 13.2 Å². The molecule has 0 amide bonds. The lowest BCUT2D eigenvalue weighted by atomic mass is 10.2. The van der Waals surface area contributed by atoms with Crippen molar-refractivity contribution in [3.05, 3.63) is 121 Å². The van der Waals surface area contributed by atoms with Gasteiger partial charge in [0.1, 0.15) is 0 Å². The first-order valence-electron chi connectivity index (χ1n) is 11.2. The number of benzene rings is 2. The van der Waals surface area contributed by atoms with E-state index in [0.717, 1.165) is 37.7 Å². The van der Waals surface area contributed by atoms with Crippen LogP contribution in [0.25, 0.3) is 0 Å². The fraction of sp³-hybridized carbons (Fsp3) is 0.214. The average molecular weight is 427 g/mol. The Labute approximate surface area is 190 Å². The maximum atomic E-state index is 6.07. The summed E-state index contributed by atoms with van der Waals surface area (Å²) in [5.41, 5.74) is 2.52. The number of rotatable bonds is 11. The third kappa shape index (κ3) is 6.42. The molecule has 0 atom stereocenters. The van der Waals surface area contributed by atoms with Gasteiger partial charge in [0.25, 0.3) is 0 Å². The Bertz CT molecular complexity index is 996. The van der Waals surface area contributed by atoms with Crippen molar-refractivity contribution in [3.8, 4) is 11.8 Å². The summed E-state index contributed by atoms with van der Waals surface area (Å²) in [6, 6.07) is 33.0. The summed E-state index contributed by atoms with van der Waals surface area (Å²) < 4.78 is 16.4. The minimum atomic E-state index is 0.668. The molecule has 4 heteroatoms. The molecule has 0 N–H and O–H groups in total. The van der Waals surface area contributed by atoms with Crippen molar-refractivity contribution in [2.24, 2.45) is 0 Å². The van der Waals surface area contributed by atoms with Crippen LogP contribution >= 0.6 is 0 Å².